The maximum absolute atomic E-state index is 12.6. The highest BCUT2D eigenvalue weighted by Gasteiger charge is 2.14. The summed E-state index contributed by atoms with van der Waals surface area (Å²) >= 11 is 0. The van der Waals surface area contributed by atoms with Gasteiger partial charge in [0.15, 0.2) is 0 Å². The number of aliphatic imine (C=N–C) groups is 1. The minimum atomic E-state index is -0.501. The van der Waals surface area contributed by atoms with Crippen molar-refractivity contribution in [1.82, 2.24) is 4.98 Å². The summed E-state index contributed by atoms with van der Waals surface area (Å²) in [6, 6.07) is 16.7. The maximum atomic E-state index is 12.6. The van der Waals surface area contributed by atoms with Crippen LogP contribution >= 0.6 is 0 Å². The average Bonchev–Trinajstić information content (AvgIpc) is 2.75. The summed E-state index contributed by atoms with van der Waals surface area (Å²) in [4.78, 5) is 32.8. The molecule has 0 fully saturated rings. The molecule has 2 aromatic carbocycles. The number of hydrogen-bond acceptors (Lipinski definition) is 5. The van der Waals surface area contributed by atoms with Gasteiger partial charge in [0.1, 0.15) is 17.6 Å². The topological polar surface area (TPSA) is 147 Å². The number of aryl methyl sites for hydroxylation is 1. The molecule has 2 amide bonds. The van der Waals surface area contributed by atoms with Crippen LogP contribution in [0.5, 0.6) is 0 Å². The lowest BCUT2D eigenvalue weighted by atomic mass is 10.1. The molecule has 1 aromatic heterocycles. The van der Waals surface area contributed by atoms with Crippen molar-refractivity contribution in [2.24, 2.45) is 10.7 Å². The van der Waals surface area contributed by atoms with E-state index in [0.29, 0.717) is 33.6 Å². The number of pyridine rings is 1. The van der Waals surface area contributed by atoms with Gasteiger partial charge in [-0.2, -0.15) is 10.3 Å². The Morgan fingerprint density at radius 1 is 1.13 bits per heavy atom. The van der Waals surface area contributed by atoms with Gasteiger partial charge in [0, 0.05) is 28.7 Å². The number of carbonyl (C=O) groups is 2. The molecule has 30 heavy (non-hydrogen) atoms. The fraction of sp³-hybridized carbons (Fsp3) is 0.0455. The Hall–Kier alpha value is -4.51. The van der Waals surface area contributed by atoms with Crippen LogP contribution in [0.1, 0.15) is 37.5 Å². The molecule has 0 unspecified atom stereocenters. The first-order valence-electron chi connectivity index (χ1n) is 8.90. The van der Waals surface area contributed by atoms with Crippen LogP contribution in [0.3, 0.4) is 0 Å². The Labute approximate surface area is 172 Å². The Bertz CT molecular complexity index is 1200. The molecule has 8 heteroatoms. The molecule has 0 bridgehead atoms. The van der Waals surface area contributed by atoms with Crippen LogP contribution in [0.4, 0.5) is 11.4 Å². The zero-order valence-electron chi connectivity index (χ0n) is 16.1. The van der Waals surface area contributed by atoms with Crippen LogP contribution in [0.25, 0.3) is 0 Å². The van der Waals surface area contributed by atoms with Gasteiger partial charge in [-0.1, -0.05) is 18.2 Å². The number of nitrogen functional groups attached to an aromatic ring is 1. The lowest BCUT2D eigenvalue weighted by Gasteiger charge is -2.10. The molecule has 5 N–H and O–H groups in total. The van der Waals surface area contributed by atoms with E-state index in [-0.39, 0.29) is 11.5 Å². The van der Waals surface area contributed by atoms with Crippen LogP contribution in [-0.4, -0.2) is 22.6 Å². The van der Waals surface area contributed by atoms with Gasteiger partial charge < -0.3 is 16.8 Å². The van der Waals surface area contributed by atoms with Crippen LogP contribution in [0.2, 0.25) is 0 Å². The third-order valence-corrected chi connectivity index (χ3v) is 4.25. The van der Waals surface area contributed by atoms with Crippen molar-refractivity contribution in [3.8, 4) is 6.07 Å². The highest BCUT2D eigenvalue weighted by Crippen LogP contribution is 2.19. The molecule has 0 atom stereocenters. The lowest BCUT2D eigenvalue weighted by molar-refractivity contribution is 0.0999. The standard InChI is InChI=1S/C22H18N6O2/c1-13-9-14(11-23)12-26-19(13)22(30)27-16-7-8-18(24)17(10-16)20(25)28-21(29)15-5-3-2-4-6-15/h2-10,12H,24H2,1H3,(H,27,30)(H2,25,28,29). The molecule has 0 aliphatic rings. The number of nitrogens with one attached hydrogen (secondary N) is 1. The molecule has 1 heterocycles. The highest BCUT2D eigenvalue weighted by atomic mass is 16.2. The normalized spacial score (nSPS) is 10.9. The molecule has 0 saturated carbocycles. The first-order valence-corrected chi connectivity index (χ1v) is 8.90. The second-order valence-corrected chi connectivity index (χ2v) is 6.43. The molecule has 3 aromatic rings. The number of amidine groups is 1. The summed E-state index contributed by atoms with van der Waals surface area (Å²) in [5.74, 6) is -1.02. The number of nitriles is 1. The molecular formula is C22H18N6O2. The predicted molar refractivity (Wildman–Crippen MR) is 114 cm³/mol. The largest absolute Gasteiger partial charge is 0.398 e. The van der Waals surface area contributed by atoms with Gasteiger partial charge in [-0.15, -0.1) is 0 Å². The van der Waals surface area contributed by atoms with Crippen LogP contribution in [0.15, 0.2) is 65.8 Å². The quantitative estimate of drug-likeness (QED) is 0.350. The number of amides is 2. The van der Waals surface area contributed by atoms with E-state index in [1.165, 1.54) is 12.3 Å². The van der Waals surface area contributed by atoms with Crippen molar-refractivity contribution in [1.29, 1.82) is 5.26 Å². The first kappa shape index (κ1) is 20.2. The van der Waals surface area contributed by atoms with E-state index < -0.39 is 11.8 Å². The number of benzene rings is 2. The SMILES string of the molecule is Cc1cc(C#N)cnc1C(=O)Nc1ccc(N)c(C(N)=NC(=O)c2ccccc2)c1. The zero-order valence-corrected chi connectivity index (χ0v) is 16.1. The number of anilines is 2. The second kappa shape index (κ2) is 8.67. The summed E-state index contributed by atoms with van der Waals surface area (Å²) in [6.45, 7) is 1.69. The van der Waals surface area contributed by atoms with Crippen molar-refractivity contribution < 1.29 is 9.59 Å². The minimum absolute atomic E-state index is 0.0647. The van der Waals surface area contributed by atoms with E-state index >= 15 is 0 Å². The fourth-order valence-electron chi connectivity index (χ4n) is 2.73. The number of rotatable bonds is 4. The number of nitrogens with zero attached hydrogens (tertiary/aromatic N) is 3. The highest BCUT2D eigenvalue weighted by molar-refractivity contribution is 6.12. The predicted octanol–water partition coefficient (Wildman–Crippen LogP) is 2.64. The van der Waals surface area contributed by atoms with Gasteiger partial charge in [-0.25, -0.2) is 4.98 Å². The van der Waals surface area contributed by atoms with Crippen LogP contribution in [-0.2, 0) is 0 Å². The van der Waals surface area contributed by atoms with Gasteiger partial charge in [0.05, 0.1) is 5.56 Å². The summed E-state index contributed by atoms with van der Waals surface area (Å²) in [5, 5.41) is 11.6. The van der Waals surface area contributed by atoms with Crippen LogP contribution < -0.4 is 16.8 Å². The Balaban J connectivity index is 1.85. The summed E-state index contributed by atoms with van der Waals surface area (Å²) in [5.41, 5.74) is 14.5. The number of aromatic nitrogens is 1. The van der Waals surface area contributed by atoms with E-state index in [4.69, 9.17) is 16.7 Å². The van der Waals surface area contributed by atoms with E-state index in [0.717, 1.165) is 0 Å². The molecule has 0 saturated heterocycles. The minimum Gasteiger partial charge on any atom is -0.398 e. The van der Waals surface area contributed by atoms with Crippen molar-refractivity contribution in [3.05, 3.63) is 88.7 Å². The van der Waals surface area contributed by atoms with E-state index in [1.807, 2.05) is 6.07 Å². The van der Waals surface area contributed by atoms with Gasteiger partial charge in [0.25, 0.3) is 11.8 Å². The van der Waals surface area contributed by atoms with E-state index in [2.05, 4.69) is 15.3 Å². The molecule has 0 aliphatic heterocycles. The number of hydrogen-bond donors (Lipinski definition) is 3. The van der Waals surface area contributed by atoms with Crippen molar-refractivity contribution >= 4 is 29.0 Å². The molecule has 0 spiro atoms. The Morgan fingerprint density at radius 3 is 2.53 bits per heavy atom. The monoisotopic (exact) mass is 398 g/mol. The number of nitrogens with two attached hydrogens (primary N) is 2. The van der Waals surface area contributed by atoms with Crippen molar-refractivity contribution in [2.45, 2.75) is 6.92 Å². The van der Waals surface area contributed by atoms with Gasteiger partial charge in [-0.3, -0.25) is 9.59 Å². The van der Waals surface area contributed by atoms with Crippen molar-refractivity contribution in [3.63, 3.8) is 0 Å². The molecule has 8 nitrogen and oxygen atoms in total. The average molecular weight is 398 g/mol. The summed E-state index contributed by atoms with van der Waals surface area (Å²) < 4.78 is 0. The third kappa shape index (κ3) is 4.48. The first-order chi connectivity index (χ1) is 14.4. The summed E-state index contributed by atoms with van der Waals surface area (Å²) in [7, 11) is 0. The fourth-order valence-corrected chi connectivity index (χ4v) is 2.73. The van der Waals surface area contributed by atoms with Crippen molar-refractivity contribution in [2.75, 3.05) is 11.1 Å². The van der Waals surface area contributed by atoms with E-state index in [1.54, 1.807) is 55.5 Å². The third-order valence-electron chi connectivity index (χ3n) is 4.25. The van der Waals surface area contributed by atoms with Gasteiger partial charge in [-0.05, 0) is 48.9 Å². The Kier molecular flexibility index (Phi) is 5.84. The lowest BCUT2D eigenvalue weighted by Crippen LogP contribution is -2.19. The Morgan fingerprint density at radius 2 is 1.87 bits per heavy atom. The zero-order chi connectivity index (χ0) is 21.7. The molecule has 148 valence electrons. The smallest absolute Gasteiger partial charge is 0.278 e. The maximum Gasteiger partial charge on any atom is 0.278 e. The van der Waals surface area contributed by atoms with Gasteiger partial charge >= 0.3 is 0 Å². The number of carbonyl (C=O) groups excluding carboxylic acids is 2. The van der Waals surface area contributed by atoms with Gasteiger partial charge in [0.2, 0.25) is 0 Å². The molecule has 0 aliphatic carbocycles. The molecular weight excluding hydrogens is 380 g/mol. The molecule has 3 rings (SSSR count). The van der Waals surface area contributed by atoms with E-state index in [9.17, 15) is 9.59 Å². The second-order valence-electron chi connectivity index (χ2n) is 6.43. The van der Waals surface area contributed by atoms with Crippen LogP contribution in [0, 0.1) is 18.3 Å². The molecule has 0 radical (unpaired) electrons. The summed E-state index contributed by atoms with van der Waals surface area (Å²) in [6.07, 6.45) is 1.33.